The van der Waals surface area contributed by atoms with Gasteiger partial charge in [-0.25, -0.2) is 14.3 Å². The van der Waals surface area contributed by atoms with Gasteiger partial charge in [0, 0.05) is 18.0 Å². The van der Waals surface area contributed by atoms with Crippen molar-refractivity contribution >= 4 is 18.0 Å². The van der Waals surface area contributed by atoms with E-state index in [1.54, 1.807) is 4.68 Å². The molecule has 8 nitrogen and oxygen atoms in total. The molecular formula is C23H32N4O4. The number of carbonyl (C=O) groups is 2. The lowest BCUT2D eigenvalue weighted by Crippen LogP contribution is -2.44. The zero-order valence-electron chi connectivity index (χ0n) is 18.8. The number of anilines is 1. The lowest BCUT2D eigenvalue weighted by Gasteiger charge is -2.34. The Labute approximate surface area is 183 Å². The average molecular weight is 429 g/mol. The Hall–Kier alpha value is -3.03. The van der Waals surface area contributed by atoms with Gasteiger partial charge in [-0.05, 0) is 53.0 Å². The van der Waals surface area contributed by atoms with Crippen molar-refractivity contribution < 1.29 is 19.1 Å². The predicted molar refractivity (Wildman–Crippen MR) is 118 cm³/mol. The zero-order chi connectivity index (χ0) is 22.6. The molecule has 3 rings (SSSR count). The normalized spacial score (nSPS) is 18.3. The number of benzene rings is 1. The van der Waals surface area contributed by atoms with Crippen molar-refractivity contribution in [3.8, 4) is 0 Å². The lowest BCUT2D eigenvalue weighted by atomic mass is 9.78. The van der Waals surface area contributed by atoms with E-state index in [0.29, 0.717) is 5.82 Å². The fourth-order valence-corrected chi connectivity index (χ4v) is 3.46. The Balaban J connectivity index is 1.60. The van der Waals surface area contributed by atoms with E-state index in [-0.39, 0.29) is 36.3 Å². The van der Waals surface area contributed by atoms with Gasteiger partial charge in [-0.15, -0.1) is 0 Å². The van der Waals surface area contributed by atoms with Crippen molar-refractivity contribution in [1.82, 2.24) is 15.1 Å². The van der Waals surface area contributed by atoms with Crippen LogP contribution in [0.4, 0.5) is 15.4 Å². The van der Waals surface area contributed by atoms with Crippen molar-refractivity contribution in [1.29, 1.82) is 0 Å². The number of amides is 2. The molecule has 31 heavy (non-hydrogen) atoms. The topological polar surface area (TPSA) is 94.5 Å². The van der Waals surface area contributed by atoms with Crippen molar-refractivity contribution in [2.24, 2.45) is 0 Å². The number of ether oxygens (including phenoxy) is 2. The first-order valence-corrected chi connectivity index (χ1v) is 10.7. The number of hydrogen-bond acceptors (Lipinski definition) is 5. The van der Waals surface area contributed by atoms with Gasteiger partial charge in [0.05, 0.1) is 17.3 Å². The predicted octanol–water partition coefficient (Wildman–Crippen LogP) is 4.77. The van der Waals surface area contributed by atoms with Crippen molar-refractivity contribution in [3.63, 3.8) is 0 Å². The van der Waals surface area contributed by atoms with Gasteiger partial charge in [-0.3, -0.25) is 5.32 Å². The van der Waals surface area contributed by atoms with Crippen LogP contribution in [0.2, 0.25) is 0 Å². The van der Waals surface area contributed by atoms with Crippen LogP contribution >= 0.6 is 0 Å². The molecule has 1 aromatic carbocycles. The molecule has 0 bridgehead atoms. The Kier molecular flexibility index (Phi) is 6.87. The minimum Gasteiger partial charge on any atom is -0.447 e. The maximum Gasteiger partial charge on any atom is 0.413 e. The lowest BCUT2D eigenvalue weighted by molar-refractivity contribution is 0.105. The Bertz CT molecular complexity index is 896. The summed E-state index contributed by atoms with van der Waals surface area (Å²) >= 11 is 0. The van der Waals surface area contributed by atoms with Gasteiger partial charge in [0.15, 0.2) is 0 Å². The van der Waals surface area contributed by atoms with Crippen LogP contribution in [0, 0.1) is 0 Å². The van der Waals surface area contributed by atoms with E-state index in [9.17, 15) is 9.59 Å². The molecule has 1 fully saturated rings. The minimum atomic E-state index is -0.523. The van der Waals surface area contributed by atoms with Gasteiger partial charge >= 0.3 is 12.2 Å². The third kappa shape index (κ3) is 6.23. The van der Waals surface area contributed by atoms with Gasteiger partial charge < -0.3 is 14.8 Å². The SMILES string of the molecule is CC(C)OC(=O)NC1CC(c2cc(NC(=O)OCc3ccccc3)n(C(C)(C)C)n2)C1. The standard InChI is InChI=1S/C23H32N4O4/c1-15(2)31-22(29)24-18-11-17(12-18)19-13-20(27(26-19)23(3,4)5)25-21(28)30-14-16-9-7-6-8-10-16/h6-10,13,15,17-18H,11-12,14H2,1-5H3,(H,24,29)(H,25,28). The van der Waals surface area contributed by atoms with Crippen molar-refractivity contribution in [2.45, 2.75) is 77.7 Å². The first kappa shape index (κ1) is 22.7. The molecule has 1 aliphatic rings. The van der Waals surface area contributed by atoms with Gasteiger partial charge in [0.1, 0.15) is 12.4 Å². The van der Waals surface area contributed by atoms with E-state index >= 15 is 0 Å². The van der Waals surface area contributed by atoms with Crippen molar-refractivity contribution in [3.05, 3.63) is 47.7 Å². The number of aromatic nitrogens is 2. The maximum atomic E-state index is 12.4. The molecule has 0 radical (unpaired) electrons. The summed E-state index contributed by atoms with van der Waals surface area (Å²) in [5, 5.41) is 10.4. The number of alkyl carbamates (subject to hydrolysis) is 1. The van der Waals surface area contributed by atoms with Crippen molar-refractivity contribution in [2.75, 3.05) is 5.32 Å². The zero-order valence-corrected chi connectivity index (χ0v) is 18.8. The third-order valence-corrected chi connectivity index (χ3v) is 5.03. The summed E-state index contributed by atoms with van der Waals surface area (Å²) in [5.74, 6) is 0.810. The molecule has 0 atom stereocenters. The molecule has 2 N–H and O–H groups in total. The van der Waals surface area contributed by atoms with E-state index in [2.05, 4.69) is 10.6 Å². The Morgan fingerprint density at radius 2 is 1.84 bits per heavy atom. The van der Waals surface area contributed by atoms with E-state index < -0.39 is 6.09 Å². The van der Waals surface area contributed by atoms with Gasteiger partial charge in [-0.2, -0.15) is 5.10 Å². The molecule has 0 unspecified atom stereocenters. The second-order valence-electron chi connectivity index (χ2n) is 9.19. The first-order chi connectivity index (χ1) is 14.6. The van der Waals surface area contributed by atoms with Crippen LogP contribution < -0.4 is 10.6 Å². The molecule has 0 spiro atoms. The number of carbonyl (C=O) groups excluding carboxylic acids is 2. The summed E-state index contributed by atoms with van der Waals surface area (Å²) in [4.78, 5) is 24.1. The second-order valence-corrected chi connectivity index (χ2v) is 9.19. The molecule has 168 valence electrons. The summed E-state index contributed by atoms with van der Waals surface area (Å²) in [7, 11) is 0. The van der Waals surface area contributed by atoms with Gasteiger partial charge in [0.25, 0.3) is 0 Å². The first-order valence-electron chi connectivity index (χ1n) is 10.7. The van der Waals surface area contributed by atoms with Crippen LogP contribution in [0.25, 0.3) is 0 Å². The summed E-state index contributed by atoms with van der Waals surface area (Å²) < 4.78 is 12.3. The molecule has 2 aromatic rings. The maximum absolute atomic E-state index is 12.4. The number of nitrogens with one attached hydrogen (secondary N) is 2. The third-order valence-electron chi connectivity index (χ3n) is 5.03. The van der Waals surface area contributed by atoms with Gasteiger partial charge in [0.2, 0.25) is 0 Å². The highest BCUT2D eigenvalue weighted by molar-refractivity contribution is 5.83. The van der Waals surface area contributed by atoms with E-state index in [1.165, 1.54) is 0 Å². The summed E-state index contributed by atoms with van der Waals surface area (Å²) in [6.45, 7) is 9.92. The van der Waals surface area contributed by atoms with Crippen LogP contribution in [0.5, 0.6) is 0 Å². The second kappa shape index (κ2) is 9.41. The monoisotopic (exact) mass is 428 g/mol. The summed E-state index contributed by atoms with van der Waals surface area (Å²) in [5.41, 5.74) is 1.50. The molecule has 1 saturated carbocycles. The highest BCUT2D eigenvalue weighted by atomic mass is 16.6. The summed E-state index contributed by atoms with van der Waals surface area (Å²) in [6, 6.07) is 11.5. The molecule has 1 heterocycles. The van der Waals surface area contributed by atoms with Crippen LogP contribution in [0.1, 0.15) is 64.6 Å². The molecule has 0 aliphatic heterocycles. The number of rotatable bonds is 6. The quantitative estimate of drug-likeness (QED) is 0.691. The number of hydrogen-bond donors (Lipinski definition) is 2. The van der Waals surface area contributed by atoms with E-state index in [0.717, 1.165) is 24.1 Å². The largest absolute Gasteiger partial charge is 0.447 e. The fourth-order valence-electron chi connectivity index (χ4n) is 3.46. The molecule has 0 saturated heterocycles. The van der Waals surface area contributed by atoms with E-state index in [1.807, 2.05) is 71.0 Å². The van der Waals surface area contributed by atoms with E-state index in [4.69, 9.17) is 14.6 Å². The van der Waals surface area contributed by atoms with Crippen LogP contribution in [-0.4, -0.2) is 34.1 Å². The molecule has 1 aliphatic carbocycles. The van der Waals surface area contributed by atoms with Gasteiger partial charge in [-0.1, -0.05) is 30.3 Å². The number of nitrogens with zero attached hydrogens (tertiary/aromatic N) is 2. The highest BCUT2D eigenvalue weighted by Crippen LogP contribution is 2.38. The Morgan fingerprint density at radius 1 is 1.16 bits per heavy atom. The van der Waals surface area contributed by atoms with Crippen LogP contribution in [0.3, 0.4) is 0 Å². The minimum absolute atomic E-state index is 0.0725. The highest BCUT2D eigenvalue weighted by Gasteiger charge is 2.35. The van der Waals surface area contributed by atoms with Crippen LogP contribution in [0.15, 0.2) is 36.4 Å². The fraction of sp³-hybridized carbons (Fsp3) is 0.522. The smallest absolute Gasteiger partial charge is 0.413 e. The molecular weight excluding hydrogens is 396 g/mol. The molecule has 2 amide bonds. The molecule has 1 aromatic heterocycles. The Morgan fingerprint density at radius 3 is 2.45 bits per heavy atom. The summed E-state index contributed by atoms with van der Waals surface area (Å²) in [6.07, 6.45) is 0.514. The molecule has 8 heteroatoms. The van der Waals surface area contributed by atoms with Crippen LogP contribution in [-0.2, 0) is 21.6 Å². The average Bonchev–Trinajstić information content (AvgIpc) is 3.06.